The molecule has 17 heavy (non-hydrogen) atoms. The Morgan fingerprint density at radius 1 is 1.41 bits per heavy atom. The first-order chi connectivity index (χ1) is 8.38. The van der Waals surface area contributed by atoms with Crippen molar-refractivity contribution in [2.45, 2.75) is 6.92 Å². The summed E-state index contributed by atoms with van der Waals surface area (Å²) in [6.07, 6.45) is 11.1. The van der Waals surface area contributed by atoms with Gasteiger partial charge in [-0.25, -0.2) is 9.97 Å². The van der Waals surface area contributed by atoms with Crippen LogP contribution in [0.1, 0.15) is 12.6 Å². The van der Waals surface area contributed by atoms with Gasteiger partial charge in [0.15, 0.2) is 0 Å². The quantitative estimate of drug-likeness (QED) is 0.727. The molecule has 0 aliphatic carbocycles. The zero-order valence-corrected chi connectivity index (χ0v) is 9.33. The van der Waals surface area contributed by atoms with Crippen LogP contribution in [-0.4, -0.2) is 24.6 Å². The summed E-state index contributed by atoms with van der Waals surface area (Å²) < 4.78 is 1.94. The van der Waals surface area contributed by atoms with Gasteiger partial charge in [0.2, 0.25) is 0 Å². The molecular weight excluding hydrogens is 214 g/mol. The minimum absolute atomic E-state index is 0.835. The van der Waals surface area contributed by atoms with E-state index in [1.165, 1.54) is 0 Å². The summed E-state index contributed by atoms with van der Waals surface area (Å²) in [6, 6.07) is 1.95. The summed E-state index contributed by atoms with van der Waals surface area (Å²) in [6.45, 7) is 1.97. The molecule has 0 bridgehead atoms. The molecule has 3 aromatic rings. The third kappa shape index (κ3) is 1.61. The second-order valence-electron chi connectivity index (χ2n) is 3.65. The Bertz CT molecular complexity index is 663. The molecule has 0 aromatic carbocycles. The molecule has 5 heteroatoms. The minimum Gasteiger partial charge on any atom is -0.285 e. The molecule has 0 atom stereocenters. The molecular formula is C12H11N5. The molecule has 0 unspecified atom stereocenters. The first-order valence-corrected chi connectivity index (χ1v) is 5.34. The first-order valence-electron chi connectivity index (χ1n) is 5.34. The van der Waals surface area contributed by atoms with Crippen molar-refractivity contribution in [1.82, 2.24) is 24.6 Å². The van der Waals surface area contributed by atoms with Crippen LogP contribution in [0.3, 0.4) is 0 Å². The normalized spacial score (nSPS) is 11.6. The Balaban J connectivity index is 2.31. The van der Waals surface area contributed by atoms with Gasteiger partial charge in [-0.1, -0.05) is 6.08 Å². The van der Waals surface area contributed by atoms with Crippen molar-refractivity contribution in [2.24, 2.45) is 0 Å². The van der Waals surface area contributed by atoms with Gasteiger partial charge in [-0.15, -0.1) is 0 Å². The molecule has 0 aliphatic rings. The van der Waals surface area contributed by atoms with Crippen LogP contribution in [-0.2, 0) is 0 Å². The average molecular weight is 225 g/mol. The molecule has 0 amide bonds. The predicted octanol–water partition coefficient (Wildman–Crippen LogP) is 2.15. The topological polar surface area (TPSA) is 58.9 Å². The Morgan fingerprint density at radius 2 is 2.35 bits per heavy atom. The molecule has 0 saturated carbocycles. The highest BCUT2D eigenvalue weighted by molar-refractivity contribution is 5.62. The molecule has 5 nitrogen and oxygen atoms in total. The summed E-state index contributed by atoms with van der Waals surface area (Å²) in [5, 5.41) is 6.74. The highest BCUT2D eigenvalue weighted by Gasteiger charge is 2.08. The number of aromatic nitrogens is 5. The zero-order chi connectivity index (χ0) is 11.7. The van der Waals surface area contributed by atoms with E-state index < -0.39 is 0 Å². The van der Waals surface area contributed by atoms with Crippen LogP contribution in [0, 0.1) is 0 Å². The van der Waals surface area contributed by atoms with Crippen LogP contribution >= 0.6 is 0 Å². The summed E-state index contributed by atoms with van der Waals surface area (Å²) in [5.74, 6) is 0.835. The second kappa shape index (κ2) is 3.86. The molecule has 1 N–H and O–H groups in total. The fraction of sp³-hybridized carbons (Fsp3) is 0.0833. The lowest BCUT2D eigenvalue weighted by atomic mass is 10.3. The minimum atomic E-state index is 0.835. The maximum Gasteiger partial charge on any atom is 0.149 e. The van der Waals surface area contributed by atoms with Gasteiger partial charge in [0.05, 0.1) is 17.5 Å². The molecule has 0 radical (unpaired) electrons. The Labute approximate surface area is 97.8 Å². The lowest BCUT2D eigenvalue weighted by Crippen LogP contribution is -1.96. The monoisotopic (exact) mass is 225 g/mol. The Kier molecular flexibility index (Phi) is 2.22. The number of rotatable bonds is 2. The average Bonchev–Trinajstić information content (AvgIpc) is 2.99. The van der Waals surface area contributed by atoms with Crippen LogP contribution in [0.4, 0.5) is 0 Å². The molecule has 0 spiro atoms. The van der Waals surface area contributed by atoms with E-state index in [4.69, 9.17) is 0 Å². The van der Waals surface area contributed by atoms with Gasteiger partial charge in [-0.05, 0) is 13.0 Å². The van der Waals surface area contributed by atoms with Gasteiger partial charge in [-0.2, -0.15) is 5.10 Å². The van der Waals surface area contributed by atoms with Gasteiger partial charge in [0.25, 0.3) is 0 Å². The van der Waals surface area contributed by atoms with E-state index in [2.05, 4.69) is 20.2 Å². The molecule has 0 aliphatic heterocycles. The van der Waals surface area contributed by atoms with E-state index >= 15 is 0 Å². The summed E-state index contributed by atoms with van der Waals surface area (Å²) in [5.41, 5.74) is 2.71. The van der Waals surface area contributed by atoms with Crippen molar-refractivity contribution >= 4 is 11.7 Å². The number of allylic oxidation sites excluding steroid dienone is 1. The number of imidazole rings is 1. The third-order valence-corrected chi connectivity index (χ3v) is 2.50. The SMILES string of the molecule is C/C=C/c1cc2nccn2c(-c2cn[nH]c2)n1. The fourth-order valence-electron chi connectivity index (χ4n) is 1.77. The zero-order valence-electron chi connectivity index (χ0n) is 9.33. The highest BCUT2D eigenvalue weighted by atomic mass is 15.1. The largest absolute Gasteiger partial charge is 0.285 e. The molecule has 84 valence electrons. The number of hydrogen-bond donors (Lipinski definition) is 1. The van der Waals surface area contributed by atoms with E-state index in [0.29, 0.717) is 0 Å². The van der Waals surface area contributed by atoms with Crippen LogP contribution in [0.2, 0.25) is 0 Å². The Morgan fingerprint density at radius 3 is 3.12 bits per heavy atom. The van der Waals surface area contributed by atoms with Crippen LogP contribution < -0.4 is 0 Å². The molecule has 3 aromatic heterocycles. The summed E-state index contributed by atoms with van der Waals surface area (Å²) >= 11 is 0. The standard InChI is InChI=1S/C12H11N5/c1-2-3-10-6-11-13-4-5-17(11)12(16-10)9-7-14-15-8-9/h2-8H,1H3,(H,14,15)/b3-2+. The van der Waals surface area contributed by atoms with Crippen LogP contribution in [0.15, 0.2) is 36.9 Å². The predicted molar refractivity (Wildman–Crippen MR) is 65.3 cm³/mol. The van der Waals surface area contributed by atoms with E-state index in [1.54, 1.807) is 12.4 Å². The van der Waals surface area contributed by atoms with Gasteiger partial charge < -0.3 is 0 Å². The number of nitrogens with zero attached hydrogens (tertiary/aromatic N) is 4. The van der Waals surface area contributed by atoms with Crippen molar-refractivity contribution in [3.63, 3.8) is 0 Å². The van der Waals surface area contributed by atoms with Gasteiger partial charge >= 0.3 is 0 Å². The van der Waals surface area contributed by atoms with Gasteiger partial charge in [0.1, 0.15) is 11.5 Å². The molecule has 3 heterocycles. The number of hydrogen-bond acceptors (Lipinski definition) is 3. The lowest BCUT2D eigenvalue weighted by Gasteiger charge is -2.03. The maximum atomic E-state index is 4.58. The molecule has 3 rings (SSSR count). The summed E-state index contributed by atoms with van der Waals surface area (Å²) in [7, 11) is 0. The van der Waals surface area contributed by atoms with Gasteiger partial charge in [0, 0.05) is 24.7 Å². The van der Waals surface area contributed by atoms with Crippen molar-refractivity contribution in [3.05, 3.63) is 42.6 Å². The van der Waals surface area contributed by atoms with E-state index in [0.717, 1.165) is 22.7 Å². The highest BCUT2D eigenvalue weighted by Crippen LogP contribution is 2.18. The molecule has 0 saturated heterocycles. The van der Waals surface area contributed by atoms with Crippen molar-refractivity contribution in [2.75, 3.05) is 0 Å². The first kappa shape index (κ1) is 9.77. The van der Waals surface area contributed by atoms with Crippen LogP contribution in [0.5, 0.6) is 0 Å². The van der Waals surface area contributed by atoms with E-state index in [-0.39, 0.29) is 0 Å². The number of fused-ring (bicyclic) bond motifs is 1. The molecule has 0 fully saturated rings. The van der Waals surface area contributed by atoms with Crippen molar-refractivity contribution in [3.8, 4) is 11.4 Å². The van der Waals surface area contributed by atoms with E-state index in [9.17, 15) is 0 Å². The van der Waals surface area contributed by atoms with Crippen LogP contribution in [0.25, 0.3) is 23.1 Å². The number of aromatic amines is 1. The lowest BCUT2D eigenvalue weighted by molar-refractivity contribution is 1.09. The Hall–Kier alpha value is -2.43. The fourth-order valence-corrected chi connectivity index (χ4v) is 1.77. The van der Waals surface area contributed by atoms with Gasteiger partial charge in [-0.3, -0.25) is 9.50 Å². The third-order valence-electron chi connectivity index (χ3n) is 2.50. The maximum absolute atomic E-state index is 4.58. The van der Waals surface area contributed by atoms with Crippen molar-refractivity contribution in [1.29, 1.82) is 0 Å². The smallest absolute Gasteiger partial charge is 0.149 e. The summed E-state index contributed by atoms with van der Waals surface area (Å²) in [4.78, 5) is 8.87. The van der Waals surface area contributed by atoms with E-state index in [1.807, 2.05) is 41.9 Å². The number of H-pyrrole nitrogens is 1. The number of nitrogens with one attached hydrogen (secondary N) is 1. The van der Waals surface area contributed by atoms with Crippen molar-refractivity contribution < 1.29 is 0 Å². The second-order valence-corrected chi connectivity index (χ2v) is 3.65.